The molecule has 0 aliphatic heterocycles. The summed E-state index contributed by atoms with van der Waals surface area (Å²) >= 11 is 10.3. The van der Waals surface area contributed by atoms with Crippen molar-refractivity contribution in [2.75, 3.05) is 0 Å². The normalized spacial score (nSPS) is 39.0. The fourth-order valence-corrected chi connectivity index (χ4v) is 5.40. The van der Waals surface area contributed by atoms with Gasteiger partial charge in [0.25, 0.3) is 0 Å². The van der Waals surface area contributed by atoms with Gasteiger partial charge in [0.1, 0.15) is 5.54 Å². The lowest BCUT2D eigenvalue weighted by Gasteiger charge is -2.47. The number of hydrogen-bond acceptors (Lipinski definition) is 2. The molecular formula is C15H15BrClNO2. The Bertz CT molecular complexity index is 589. The van der Waals surface area contributed by atoms with Crippen LogP contribution < -0.4 is 5.73 Å². The minimum absolute atomic E-state index is 0.104. The van der Waals surface area contributed by atoms with Crippen molar-refractivity contribution < 1.29 is 9.90 Å². The number of halogens is 2. The molecule has 1 aromatic carbocycles. The van der Waals surface area contributed by atoms with Gasteiger partial charge in [-0.05, 0) is 24.0 Å². The van der Waals surface area contributed by atoms with E-state index in [4.69, 9.17) is 17.3 Å². The third-order valence-corrected chi connectivity index (χ3v) is 6.11. The van der Waals surface area contributed by atoms with Crippen molar-refractivity contribution in [3.63, 3.8) is 0 Å². The van der Waals surface area contributed by atoms with E-state index in [2.05, 4.69) is 34.1 Å². The monoisotopic (exact) mass is 355 g/mol. The van der Waals surface area contributed by atoms with Crippen molar-refractivity contribution in [2.24, 2.45) is 5.73 Å². The van der Waals surface area contributed by atoms with E-state index in [9.17, 15) is 9.90 Å². The van der Waals surface area contributed by atoms with Gasteiger partial charge in [0, 0.05) is 10.2 Å². The number of carboxylic acids is 1. The number of carboxylic acid groups (broad SMARTS) is 1. The van der Waals surface area contributed by atoms with Gasteiger partial charge in [-0.1, -0.05) is 52.3 Å². The molecule has 1 saturated carbocycles. The Balaban J connectivity index is 2.06. The van der Waals surface area contributed by atoms with E-state index in [-0.39, 0.29) is 22.0 Å². The van der Waals surface area contributed by atoms with Crippen LogP contribution in [0.15, 0.2) is 30.3 Å². The molecule has 4 unspecified atom stereocenters. The largest absolute Gasteiger partial charge is 0.480 e. The van der Waals surface area contributed by atoms with Gasteiger partial charge in [-0.2, -0.15) is 0 Å². The standard InChI is InChI=1S/C15H15BrClNO2/c16-11-7-14(18,13(19)20)8-12(17)15(11)6-5-9-3-1-2-4-10(9)15/h1-6,11-12H,7-8,18H2,(H,19,20). The molecule has 3 rings (SSSR count). The summed E-state index contributed by atoms with van der Waals surface area (Å²) in [5.41, 5.74) is 6.66. The van der Waals surface area contributed by atoms with Gasteiger partial charge < -0.3 is 10.8 Å². The predicted molar refractivity (Wildman–Crippen MR) is 83.3 cm³/mol. The van der Waals surface area contributed by atoms with Crippen LogP contribution in [-0.2, 0) is 10.2 Å². The summed E-state index contributed by atoms with van der Waals surface area (Å²) in [5.74, 6) is -0.988. The molecule has 2 aliphatic rings. The Morgan fingerprint density at radius 3 is 2.75 bits per heavy atom. The van der Waals surface area contributed by atoms with Crippen molar-refractivity contribution in [3.8, 4) is 0 Å². The molecule has 1 aromatic rings. The molecule has 0 amide bonds. The van der Waals surface area contributed by atoms with Crippen LogP contribution in [0.2, 0.25) is 0 Å². The SMILES string of the molecule is NC1(C(=O)O)CC(Cl)C2(C=Cc3ccccc32)C(Br)C1. The summed E-state index contributed by atoms with van der Waals surface area (Å²) in [6, 6.07) is 8.08. The molecule has 0 heterocycles. The van der Waals surface area contributed by atoms with Gasteiger partial charge in [-0.25, -0.2) is 0 Å². The smallest absolute Gasteiger partial charge is 0.323 e. The maximum Gasteiger partial charge on any atom is 0.323 e. The van der Waals surface area contributed by atoms with E-state index in [1.807, 2.05) is 18.2 Å². The van der Waals surface area contributed by atoms with Gasteiger partial charge in [-0.3, -0.25) is 4.79 Å². The van der Waals surface area contributed by atoms with E-state index in [0.717, 1.165) is 11.1 Å². The summed E-state index contributed by atoms with van der Waals surface area (Å²) in [7, 11) is 0. The quantitative estimate of drug-likeness (QED) is 0.761. The van der Waals surface area contributed by atoms with Gasteiger partial charge in [0.15, 0.2) is 0 Å². The van der Waals surface area contributed by atoms with Gasteiger partial charge >= 0.3 is 5.97 Å². The van der Waals surface area contributed by atoms with Crippen molar-refractivity contribution in [1.82, 2.24) is 0 Å². The van der Waals surface area contributed by atoms with Gasteiger partial charge in [-0.15, -0.1) is 11.6 Å². The lowest BCUT2D eigenvalue weighted by Crippen LogP contribution is -2.61. The number of fused-ring (bicyclic) bond motifs is 2. The van der Waals surface area contributed by atoms with Crippen LogP contribution in [-0.4, -0.2) is 26.8 Å². The third-order valence-electron chi connectivity index (χ3n) is 4.52. The number of nitrogens with two attached hydrogens (primary N) is 1. The van der Waals surface area contributed by atoms with Crippen LogP contribution in [0.25, 0.3) is 6.08 Å². The van der Waals surface area contributed by atoms with Crippen molar-refractivity contribution >= 4 is 39.6 Å². The second-order valence-corrected chi connectivity index (χ2v) is 7.29. The maximum atomic E-state index is 11.4. The molecule has 106 valence electrons. The van der Waals surface area contributed by atoms with Gasteiger partial charge in [0.05, 0.1) is 5.38 Å². The lowest BCUT2D eigenvalue weighted by atomic mass is 9.65. The van der Waals surface area contributed by atoms with Crippen molar-refractivity contribution in [2.45, 2.75) is 34.0 Å². The first kappa shape index (κ1) is 14.1. The van der Waals surface area contributed by atoms with E-state index in [1.54, 1.807) is 0 Å². The summed E-state index contributed by atoms with van der Waals surface area (Å²) in [4.78, 5) is 11.3. The molecular weight excluding hydrogens is 342 g/mol. The first-order valence-electron chi connectivity index (χ1n) is 6.49. The number of allylic oxidation sites excluding steroid dienone is 1. The number of benzene rings is 1. The van der Waals surface area contributed by atoms with E-state index in [0.29, 0.717) is 6.42 Å². The fraction of sp³-hybridized carbons (Fsp3) is 0.400. The number of hydrogen-bond donors (Lipinski definition) is 2. The number of carbonyl (C=O) groups is 1. The Labute approximate surface area is 130 Å². The van der Waals surface area contributed by atoms with Crippen LogP contribution >= 0.6 is 27.5 Å². The van der Waals surface area contributed by atoms with E-state index < -0.39 is 11.5 Å². The molecule has 3 N–H and O–H groups in total. The molecule has 4 atom stereocenters. The number of rotatable bonds is 1. The Hall–Kier alpha value is -0.840. The minimum Gasteiger partial charge on any atom is -0.480 e. The molecule has 1 fully saturated rings. The topological polar surface area (TPSA) is 63.3 Å². The molecule has 0 aromatic heterocycles. The molecule has 5 heteroatoms. The van der Waals surface area contributed by atoms with E-state index >= 15 is 0 Å². The first-order chi connectivity index (χ1) is 9.40. The van der Waals surface area contributed by atoms with Crippen LogP contribution in [0.5, 0.6) is 0 Å². The first-order valence-corrected chi connectivity index (χ1v) is 7.84. The summed E-state index contributed by atoms with van der Waals surface area (Å²) < 4.78 is 0. The molecule has 20 heavy (non-hydrogen) atoms. The Kier molecular flexibility index (Phi) is 3.23. The van der Waals surface area contributed by atoms with Crippen molar-refractivity contribution in [3.05, 3.63) is 41.5 Å². The number of aliphatic carboxylic acids is 1. The Morgan fingerprint density at radius 1 is 1.40 bits per heavy atom. The molecule has 0 radical (unpaired) electrons. The molecule has 2 aliphatic carbocycles. The molecule has 0 bridgehead atoms. The fourth-order valence-electron chi connectivity index (χ4n) is 3.33. The highest BCUT2D eigenvalue weighted by molar-refractivity contribution is 9.09. The molecule has 0 saturated heterocycles. The predicted octanol–water partition coefficient (Wildman–Crippen LogP) is 2.90. The van der Waals surface area contributed by atoms with E-state index in [1.165, 1.54) is 0 Å². The second-order valence-electron chi connectivity index (χ2n) is 5.66. The zero-order valence-electron chi connectivity index (χ0n) is 10.7. The van der Waals surface area contributed by atoms with Crippen LogP contribution in [0.1, 0.15) is 24.0 Å². The highest BCUT2D eigenvalue weighted by Gasteiger charge is 2.56. The molecule has 3 nitrogen and oxygen atoms in total. The van der Waals surface area contributed by atoms with Crippen LogP contribution in [0.3, 0.4) is 0 Å². The average molecular weight is 357 g/mol. The van der Waals surface area contributed by atoms with Crippen LogP contribution in [0, 0.1) is 0 Å². The lowest BCUT2D eigenvalue weighted by molar-refractivity contribution is -0.144. The highest BCUT2D eigenvalue weighted by Crippen LogP contribution is 2.53. The Morgan fingerprint density at radius 2 is 2.10 bits per heavy atom. The van der Waals surface area contributed by atoms with Crippen LogP contribution in [0.4, 0.5) is 0 Å². The second kappa shape index (κ2) is 4.58. The zero-order chi connectivity index (χ0) is 14.5. The summed E-state index contributed by atoms with van der Waals surface area (Å²) in [6.07, 6.45) is 4.76. The molecule has 1 spiro atoms. The van der Waals surface area contributed by atoms with Crippen molar-refractivity contribution in [1.29, 1.82) is 0 Å². The minimum atomic E-state index is -1.27. The third kappa shape index (κ3) is 1.78. The average Bonchev–Trinajstić information content (AvgIpc) is 2.77. The number of alkyl halides is 2. The summed E-state index contributed by atoms with van der Waals surface area (Å²) in [5, 5.41) is 8.98. The van der Waals surface area contributed by atoms with Gasteiger partial charge in [0.2, 0.25) is 0 Å². The summed E-state index contributed by atoms with van der Waals surface area (Å²) in [6.45, 7) is 0. The maximum absolute atomic E-state index is 11.4. The zero-order valence-corrected chi connectivity index (χ0v) is 13.1. The highest BCUT2D eigenvalue weighted by atomic mass is 79.9.